The van der Waals surface area contributed by atoms with Gasteiger partial charge < -0.3 is 4.84 Å². The molecule has 0 N–H and O–H groups in total. The molecule has 2 nitrogen and oxygen atoms in total. The number of allylic oxidation sites excluding steroid dienone is 4. The molecular weight excluding hydrogens is 150 g/mol. The van der Waals surface area contributed by atoms with Crippen LogP contribution in [0.5, 0.6) is 0 Å². The predicted octanol–water partition coefficient (Wildman–Crippen LogP) is 2.55. The zero-order valence-electron chi connectivity index (χ0n) is 7.66. The Morgan fingerprint density at radius 1 is 1.50 bits per heavy atom. The Balaban J connectivity index is 4.30. The van der Waals surface area contributed by atoms with Gasteiger partial charge in [0.25, 0.3) is 0 Å². The van der Waals surface area contributed by atoms with E-state index in [-0.39, 0.29) is 5.92 Å². The number of rotatable bonds is 5. The first kappa shape index (κ1) is 10.7. The summed E-state index contributed by atoms with van der Waals surface area (Å²) in [5.41, 5.74) is 1.07. The molecule has 66 valence electrons. The molecule has 0 spiro atoms. The zero-order chi connectivity index (χ0) is 9.40. The molecular formula is C10H15NO. The van der Waals surface area contributed by atoms with E-state index in [1.54, 1.807) is 18.4 Å². The molecule has 0 aliphatic rings. The van der Waals surface area contributed by atoms with Crippen LogP contribution in [-0.2, 0) is 4.84 Å². The van der Waals surface area contributed by atoms with Crippen molar-refractivity contribution in [2.45, 2.75) is 6.92 Å². The Bertz CT molecular complexity index is 204. The van der Waals surface area contributed by atoms with Crippen LogP contribution >= 0.6 is 0 Å². The van der Waals surface area contributed by atoms with Crippen molar-refractivity contribution in [3.63, 3.8) is 0 Å². The van der Waals surface area contributed by atoms with E-state index in [1.807, 2.05) is 13.0 Å². The van der Waals surface area contributed by atoms with E-state index in [1.165, 1.54) is 7.11 Å². The van der Waals surface area contributed by atoms with Crippen LogP contribution < -0.4 is 0 Å². The standard InChI is InChI=1S/C10H15NO/c1-5-7-10(6-2)9(3)8-11-12-4/h5-9H,1-2H2,3-4H3/b10-7+,11-8+. The Labute approximate surface area is 73.9 Å². The lowest BCUT2D eigenvalue weighted by Gasteiger charge is -2.04. The largest absolute Gasteiger partial charge is 0.399 e. The lowest BCUT2D eigenvalue weighted by molar-refractivity contribution is 0.214. The summed E-state index contributed by atoms with van der Waals surface area (Å²) in [4.78, 5) is 4.57. The van der Waals surface area contributed by atoms with E-state index in [2.05, 4.69) is 23.2 Å². The molecule has 0 rings (SSSR count). The lowest BCUT2D eigenvalue weighted by Crippen LogP contribution is -1.98. The van der Waals surface area contributed by atoms with Gasteiger partial charge in [-0.05, 0) is 5.57 Å². The van der Waals surface area contributed by atoms with Gasteiger partial charge in [0.2, 0.25) is 0 Å². The highest BCUT2D eigenvalue weighted by Crippen LogP contribution is 2.08. The molecule has 2 heteroatoms. The molecule has 0 aromatic carbocycles. The topological polar surface area (TPSA) is 21.6 Å². The molecule has 0 aromatic heterocycles. The molecule has 0 fully saturated rings. The van der Waals surface area contributed by atoms with Crippen molar-refractivity contribution in [2.75, 3.05) is 7.11 Å². The van der Waals surface area contributed by atoms with Crippen molar-refractivity contribution >= 4 is 6.21 Å². The van der Waals surface area contributed by atoms with Gasteiger partial charge >= 0.3 is 0 Å². The summed E-state index contributed by atoms with van der Waals surface area (Å²) in [6.45, 7) is 9.31. The molecule has 0 amide bonds. The fraction of sp³-hybridized carbons (Fsp3) is 0.300. The van der Waals surface area contributed by atoms with Crippen LogP contribution in [0.2, 0.25) is 0 Å². The van der Waals surface area contributed by atoms with Gasteiger partial charge in [-0.15, -0.1) is 0 Å². The zero-order valence-corrected chi connectivity index (χ0v) is 7.66. The number of hydrogen-bond donors (Lipinski definition) is 0. The molecule has 0 aliphatic heterocycles. The lowest BCUT2D eigenvalue weighted by atomic mass is 10.0. The maximum absolute atomic E-state index is 4.57. The molecule has 1 unspecified atom stereocenters. The Morgan fingerprint density at radius 3 is 2.58 bits per heavy atom. The first-order valence-corrected chi connectivity index (χ1v) is 3.78. The van der Waals surface area contributed by atoms with E-state index in [9.17, 15) is 0 Å². The third kappa shape index (κ3) is 3.76. The van der Waals surface area contributed by atoms with E-state index >= 15 is 0 Å². The molecule has 0 radical (unpaired) electrons. The number of oxime groups is 1. The summed E-state index contributed by atoms with van der Waals surface area (Å²) in [6.07, 6.45) is 7.14. The number of nitrogens with zero attached hydrogens (tertiary/aromatic N) is 1. The molecule has 0 bridgehead atoms. The average Bonchev–Trinajstić information content (AvgIpc) is 2.10. The highest BCUT2D eigenvalue weighted by Gasteiger charge is 2.00. The third-order valence-corrected chi connectivity index (χ3v) is 1.46. The second-order valence-electron chi connectivity index (χ2n) is 2.33. The van der Waals surface area contributed by atoms with Crippen LogP contribution in [0.3, 0.4) is 0 Å². The molecule has 0 aliphatic carbocycles. The van der Waals surface area contributed by atoms with Crippen LogP contribution in [0.1, 0.15) is 6.92 Å². The van der Waals surface area contributed by atoms with E-state index in [4.69, 9.17) is 0 Å². The van der Waals surface area contributed by atoms with Crippen molar-refractivity contribution in [3.8, 4) is 0 Å². The summed E-state index contributed by atoms with van der Waals surface area (Å²) < 4.78 is 0. The van der Waals surface area contributed by atoms with Crippen molar-refractivity contribution in [2.24, 2.45) is 11.1 Å². The highest BCUT2D eigenvalue weighted by molar-refractivity contribution is 5.65. The molecule has 1 atom stereocenters. The van der Waals surface area contributed by atoms with Crippen molar-refractivity contribution in [3.05, 3.63) is 37.0 Å². The summed E-state index contributed by atoms with van der Waals surface area (Å²) in [6, 6.07) is 0. The fourth-order valence-corrected chi connectivity index (χ4v) is 0.780. The van der Waals surface area contributed by atoms with E-state index < -0.39 is 0 Å². The summed E-state index contributed by atoms with van der Waals surface area (Å²) in [5, 5.41) is 3.67. The molecule has 0 heterocycles. The van der Waals surface area contributed by atoms with Crippen LogP contribution in [0.15, 0.2) is 42.1 Å². The molecule has 12 heavy (non-hydrogen) atoms. The first-order chi connectivity index (χ1) is 5.76. The van der Waals surface area contributed by atoms with Crippen molar-refractivity contribution in [1.82, 2.24) is 0 Å². The van der Waals surface area contributed by atoms with Crippen molar-refractivity contribution in [1.29, 1.82) is 0 Å². The van der Waals surface area contributed by atoms with Gasteiger partial charge in [0.1, 0.15) is 7.11 Å². The van der Waals surface area contributed by atoms with Gasteiger partial charge in [0.05, 0.1) is 6.21 Å². The minimum Gasteiger partial charge on any atom is -0.399 e. The first-order valence-electron chi connectivity index (χ1n) is 3.78. The summed E-state index contributed by atoms with van der Waals surface area (Å²) in [7, 11) is 1.52. The Hall–Kier alpha value is -1.31. The number of hydrogen-bond acceptors (Lipinski definition) is 2. The highest BCUT2D eigenvalue weighted by atomic mass is 16.6. The second-order valence-corrected chi connectivity index (χ2v) is 2.33. The average molecular weight is 165 g/mol. The fourth-order valence-electron chi connectivity index (χ4n) is 0.780. The minimum atomic E-state index is 0.209. The van der Waals surface area contributed by atoms with Crippen LogP contribution in [0.25, 0.3) is 0 Å². The van der Waals surface area contributed by atoms with Crippen LogP contribution in [-0.4, -0.2) is 13.3 Å². The smallest absolute Gasteiger partial charge is 0.106 e. The normalized spacial score (nSPS) is 14.3. The Morgan fingerprint density at radius 2 is 2.17 bits per heavy atom. The molecule has 0 aromatic rings. The van der Waals surface area contributed by atoms with Crippen LogP contribution in [0.4, 0.5) is 0 Å². The monoisotopic (exact) mass is 165 g/mol. The predicted molar refractivity (Wildman–Crippen MR) is 53.1 cm³/mol. The minimum absolute atomic E-state index is 0.209. The maximum atomic E-state index is 4.57. The van der Waals surface area contributed by atoms with Gasteiger partial charge in [-0.1, -0.05) is 43.5 Å². The summed E-state index contributed by atoms with van der Waals surface area (Å²) >= 11 is 0. The van der Waals surface area contributed by atoms with Crippen LogP contribution in [0, 0.1) is 5.92 Å². The van der Waals surface area contributed by atoms with Gasteiger partial charge in [0.15, 0.2) is 0 Å². The second kappa shape index (κ2) is 6.40. The third-order valence-electron chi connectivity index (χ3n) is 1.46. The van der Waals surface area contributed by atoms with E-state index in [0.717, 1.165) is 5.57 Å². The van der Waals surface area contributed by atoms with Gasteiger partial charge in [0, 0.05) is 5.92 Å². The Kier molecular flexibility index (Phi) is 5.70. The summed E-state index contributed by atoms with van der Waals surface area (Å²) in [5.74, 6) is 0.209. The quantitative estimate of drug-likeness (QED) is 0.348. The van der Waals surface area contributed by atoms with Gasteiger partial charge in [-0.25, -0.2) is 0 Å². The maximum Gasteiger partial charge on any atom is 0.106 e. The van der Waals surface area contributed by atoms with Crippen molar-refractivity contribution < 1.29 is 4.84 Å². The van der Waals surface area contributed by atoms with E-state index in [0.29, 0.717) is 0 Å². The molecule has 0 saturated heterocycles. The van der Waals surface area contributed by atoms with Gasteiger partial charge in [-0.2, -0.15) is 0 Å². The van der Waals surface area contributed by atoms with Gasteiger partial charge in [-0.3, -0.25) is 0 Å². The molecule has 0 saturated carbocycles. The SMILES string of the molecule is C=C/C=C(\C=C)C(C)/C=N/OC.